The van der Waals surface area contributed by atoms with Crippen molar-refractivity contribution in [1.29, 1.82) is 0 Å². The summed E-state index contributed by atoms with van der Waals surface area (Å²) in [5.41, 5.74) is 8.57. The van der Waals surface area contributed by atoms with Crippen LogP contribution in [0.4, 0.5) is 14.9 Å². The van der Waals surface area contributed by atoms with E-state index in [-0.39, 0.29) is 11.6 Å². The van der Waals surface area contributed by atoms with Gasteiger partial charge in [0.25, 0.3) is 0 Å². The molecule has 4 heterocycles. The standard InChI is InChI=1S/C22H22FN7O2/c23-19-7-14(30-12-15(32-21(30)31)11-29-6-5-27-28-29)2-3-16(19)13-1-4-20(26-8-13)22(24)17-9-25-10-18(17)22/h1-8,15,17-18,25H,9-12,24H2/t15-,17-,18+,22-/m0/s1. The third-order valence-electron chi connectivity index (χ3n) is 6.85. The van der Waals surface area contributed by atoms with Gasteiger partial charge in [-0.25, -0.2) is 13.9 Å². The van der Waals surface area contributed by atoms with Crippen LogP contribution in [0.1, 0.15) is 5.69 Å². The van der Waals surface area contributed by atoms with Gasteiger partial charge < -0.3 is 15.8 Å². The zero-order valence-electron chi connectivity index (χ0n) is 17.2. The zero-order valence-corrected chi connectivity index (χ0v) is 17.2. The third kappa shape index (κ3) is 2.98. The third-order valence-corrected chi connectivity index (χ3v) is 6.85. The Bertz CT molecular complexity index is 1160. The van der Waals surface area contributed by atoms with Crippen molar-refractivity contribution in [3.63, 3.8) is 0 Å². The van der Waals surface area contributed by atoms with E-state index in [1.807, 2.05) is 12.1 Å². The van der Waals surface area contributed by atoms with Crippen LogP contribution < -0.4 is 16.0 Å². The number of aromatic nitrogens is 4. The molecule has 32 heavy (non-hydrogen) atoms. The van der Waals surface area contributed by atoms with Crippen LogP contribution in [0.5, 0.6) is 0 Å². The number of benzene rings is 1. The molecule has 3 N–H and O–H groups in total. The molecule has 4 atom stereocenters. The van der Waals surface area contributed by atoms with Crippen LogP contribution in [-0.4, -0.2) is 51.8 Å². The number of amides is 1. The fraction of sp³-hybridized carbons (Fsp3) is 0.364. The number of fused-ring (bicyclic) bond motifs is 1. The first kappa shape index (κ1) is 19.3. The minimum atomic E-state index is -0.508. The minimum absolute atomic E-state index is 0.309. The summed E-state index contributed by atoms with van der Waals surface area (Å²) in [5.74, 6) is 0.412. The Kier molecular flexibility index (Phi) is 4.27. The number of rotatable bonds is 5. The molecule has 2 aliphatic heterocycles. The van der Waals surface area contributed by atoms with Gasteiger partial charge in [-0.3, -0.25) is 9.88 Å². The normalized spacial score (nSPS) is 28.6. The van der Waals surface area contributed by atoms with Crippen LogP contribution in [0.3, 0.4) is 0 Å². The fourth-order valence-electron chi connectivity index (χ4n) is 5.04. The summed E-state index contributed by atoms with van der Waals surface area (Å²) in [4.78, 5) is 18.3. The number of hydrogen-bond acceptors (Lipinski definition) is 7. The summed E-state index contributed by atoms with van der Waals surface area (Å²) in [6, 6.07) is 8.48. The summed E-state index contributed by atoms with van der Waals surface area (Å²) in [6.45, 7) is 2.53. The number of nitrogens with two attached hydrogens (primary N) is 1. The summed E-state index contributed by atoms with van der Waals surface area (Å²) >= 11 is 0. The van der Waals surface area contributed by atoms with Crippen molar-refractivity contribution >= 4 is 11.8 Å². The second-order valence-electron chi connectivity index (χ2n) is 8.64. The van der Waals surface area contributed by atoms with Gasteiger partial charge in [0.05, 0.1) is 36.2 Å². The van der Waals surface area contributed by atoms with E-state index in [4.69, 9.17) is 10.5 Å². The maximum Gasteiger partial charge on any atom is 0.414 e. The Morgan fingerprint density at radius 3 is 2.78 bits per heavy atom. The predicted molar refractivity (Wildman–Crippen MR) is 113 cm³/mol. The van der Waals surface area contributed by atoms with E-state index < -0.39 is 11.9 Å². The smallest absolute Gasteiger partial charge is 0.414 e. The van der Waals surface area contributed by atoms with E-state index in [0.717, 1.165) is 18.8 Å². The van der Waals surface area contributed by atoms with Crippen molar-refractivity contribution in [2.24, 2.45) is 17.6 Å². The Labute approximate surface area is 183 Å². The molecule has 3 fully saturated rings. The molecule has 9 nitrogen and oxygen atoms in total. The number of piperidine rings is 1. The van der Waals surface area contributed by atoms with Gasteiger partial charge in [0.2, 0.25) is 0 Å². The molecule has 0 unspecified atom stereocenters. The molecule has 1 saturated carbocycles. The van der Waals surface area contributed by atoms with Crippen molar-refractivity contribution in [3.05, 3.63) is 60.4 Å². The highest BCUT2D eigenvalue weighted by Crippen LogP contribution is 2.57. The Morgan fingerprint density at radius 2 is 2.09 bits per heavy atom. The van der Waals surface area contributed by atoms with E-state index in [9.17, 15) is 9.18 Å². The van der Waals surface area contributed by atoms with E-state index in [2.05, 4.69) is 20.6 Å². The quantitative estimate of drug-likeness (QED) is 0.625. The number of nitrogens with one attached hydrogen (secondary N) is 1. The largest absolute Gasteiger partial charge is 0.442 e. The molecule has 164 valence electrons. The molecule has 1 aliphatic carbocycles. The molecule has 6 rings (SSSR count). The first-order valence-corrected chi connectivity index (χ1v) is 10.6. The molecule has 0 radical (unpaired) electrons. The number of ether oxygens (including phenoxy) is 1. The van der Waals surface area contributed by atoms with Crippen LogP contribution in [0, 0.1) is 17.7 Å². The van der Waals surface area contributed by atoms with E-state index in [1.165, 1.54) is 11.0 Å². The number of carbonyl (C=O) groups is 1. The Balaban J connectivity index is 1.19. The lowest BCUT2D eigenvalue weighted by Gasteiger charge is -2.16. The first-order chi connectivity index (χ1) is 15.5. The molecule has 2 saturated heterocycles. The summed E-state index contributed by atoms with van der Waals surface area (Å²) in [7, 11) is 0. The van der Waals surface area contributed by atoms with Crippen molar-refractivity contribution in [1.82, 2.24) is 25.3 Å². The molecule has 3 aromatic rings. The van der Waals surface area contributed by atoms with Gasteiger partial charge in [0, 0.05) is 48.4 Å². The molecule has 1 aromatic carbocycles. The van der Waals surface area contributed by atoms with E-state index in [0.29, 0.717) is 41.7 Å². The number of nitrogens with zero attached hydrogens (tertiary/aromatic N) is 5. The molecule has 3 aliphatic rings. The van der Waals surface area contributed by atoms with Crippen LogP contribution in [0.15, 0.2) is 48.9 Å². The lowest BCUT2D eigenvalue weighted by Crippen LogP contribution is -2.33. The average Bonchev–Trinajstić information content (AvgIpc) is 3.36. The number of carbonyl (C=O) groups excluding carboxylic acids is 1. The van der Waals surface area contributed by atoms with Gasteiger partial charge in [-0.15, -0.1) is 5.10 Å². The fourth-order valence-corrected chi connectivity index (χ4v) is 5.04. The monoisotopic (exact) mass is 435 g/mol. The second-order valence-corrected chi connectivity index (χ2v) is 8.64. The molecule has 10 heteroatoms. The number of hydrogen-bond donors (Lipinski definition) is 2. The van der Waals surface area contributed by atoms with E-state index in [1.54, 1.807) is 35.4 Å². The lowest BCUT2D eigenvalue weighted by atomic mass is 10.0. The Morgan fingerprint density at radius 1 is 1.25 bits per heavy atom. The van der Waals surface area contributed by atoms with Gasteiger partial charge in [-0.2, -0.15) is 0 Å². The first-order valence-electron chi connectivity index (χ1n) is 10.6. The highest BCUT2D eigenvalue weighted by Gasteiger charge is 2.65. The topological polar surface area (TPSA) is 111 Å². The summed E-state index contributed by atoms with van der Waals surface area (Å²) < 4.78 is 22.0. The van der Waals surface area contributed by atoms with Crippen molar-refractivity contribution in [2.45, 2.75) is 18.2 Å². The summed E-state index contributed by atoms with van der Waals surface area (Å²) in [6.07, 6.45) is 4.03. The van der Waals surface area contributed by atoms with Gasteiger partial charge in [-0.05, 0) is 24.3 Å². The maximum absolute atomic E-state index is 15.0. The molecule has 0 bridgehead atoms. The number of halogens is 1. The molecular weight excluding hydrogens is 413 g/mol. The van der Waals surface area contributed by atoms with Gasteiger partial charge in [-0.1, -0.05) is 11.3 Å². The van der Waals surface area contributed by atoms with Gasteiger partial charge >= 0.3 is 6.09 Å². The predicted octanol–water partition coefficient (Wildman–Crippen LogP) is 1.51. The number of anilines is 1. The van der Waals surface area contributed by atoms with Gasteiger partial charge in [0.15, 0.2) is 0 Å². The van der Waals surface area contributed by atoms with Crippen LogP contribution in [0.25, 0.3) is 11.1 Å². The minimum Gasteiger partial charge on any atom is -0.442 e. The number of cyclic esters (lactones) is 1. The molecular formula is C22H22FN7O2. The second kappa shape index (κ2) is 7.07. The molecule has 2 aromatic heterocycles. The van der Waals surface area contributed by atoms with Crippen LogP contribution >= 0.6 is 0 Å². The Hall–Kier alpha value is -3.37. The van der Waals surface area contributed by atoms with E-state index >= 15 is 0 Å². The SMILES string of the molecule is N[C@]1(c2ccc(-c3ccc(N4C[C@H](Cn5ccnn5)OC4=O)cc3F)cn2)[C@@H]2CNC[C@@H]21. The van der Waals surface area contributed by atoms with Crippen molar-refractivity contribution < 1.29 is 13.9 Å². The highest BCUT2D eigenvalue weighted by atomic mass is 19.1. The van der Waals surface area contributed by atoms with Crippen LogP contribution in [0.2, 0.25) is 0 Å². The van der Waals surface area contributed by atoms with Crippen molar-refractivity contribution in [3.8, 4) is 11.1 Å². The molecule has 0 spiro atoms. The van der Waals surface area contributed by atoms with Crippen molar-refractivity contribution in [2.75, 3.05) is 24.5 Å². The summed E-state index contributed by atoms with van der Waals surface area (Å²) in [5, 5.41) is 11.0. The average molecular weight is 435 g/mol. The molecule has 1 amide bonds. The van der Waals surface area contributed by atoms with Crippen LogP contribution in [-0.2, 0) is 16.8 Å². The zero-order chi connectivity index (χ0) is 21.9. The maximum atomic E-state index is 15.0. The number of pyridine rings is 1. The van der Waals surface area contributed by atoms with Gasteiger partial charge in [0.1, 0.15) is 11.9 Å². The lowest BCUT2D eigenvalue weighted by molar-refractivity contribution is 0.129. The highest BCUT2D eigenvalue weighted by molar-refractivity contribution is 5.90.